The minimum Gasteiger partial charge on any atom is -0.467 e. The third-order valence-electron chi connectivity index (χ3n) is 2.96. The zero-order chi connectivity index (χ0) is 15.0. The molecule has 0 aliphatic carbocycles. The van der Waals surface area contributed by atoms with Crippen LogP contribution in [-0.4, -0.2) is 46.3 Å². The van der Waals surface area contributed by atoms with E-state index < -0.39 is 12.1 Å². The molecule has 7 nitrogen and oxygen atoms in total. The summed E-state index contributed by atoms with van der Waals surface area (Å²) in [6.07, 6.45) is 5.90. The Morgan fingerprint density at radius 3 is 2.80 bits per heavy atom. The first-order valence-corrected chi connectivity index (χ1v) is 6.58. The number of hydrogen-bond donors (Lipinski definition) is 2. The largest absolute Gasteiger partial charge is 0.467 e. The van der Waals surface area contributed by atoms with Crippen LogP contribution in [0.1, 0.15) is 32.2 Å². The fourth-order valence-electron chi connectivity index (χ4n) is 1.89. The molecule has 1 heterocycles. The predicted octanol–water partition coefficient (Wildman–Crippen LogP) is 0.265. The Bertz CT molecular complexity index is 419. The highest BCUT2D eigenvalue weighted by molar-refractivity contribution is 5.78. The van der Waals surface area contributed by atoms with E-state index in [9.17, 15) is 14.7 Å². The molecule has 0 aromatic carbocycles. The molecule has 0 saturated heterocycles. The SMILES string of the molecule is CCCC(CC(=O)NCC(O)C(=O)OC)n1ccnc1. The summed E-state index contributed by atoms with van der Waals surface area (Å²) in [7, 11) is 1.18. The maximum atomic E-state index is 11.8. The highest BCUT2D eigenvalue weighted by atomic mass is 16.5. The van der Waals surface area contributed by atoms with Crippen molar-refractivity contribution in [3.63, 3.8) is 0 Å². The molecule has 2 atom stereocenters. The maximum absolute atomic E-state index is 11.8. The van der Waals surface area contributed by atoms with E-state index in [2.05, 4.69) is 15.0 Å². The van der Waals surface area contributed by atoms with E-state index in [1.165, 1.54) is 7.11 Å². The van der Waals surface area contributed by atoms with Gasteiger partial charge in [-0.1, -0.05) is 13.3 Å². The van der Waals surface area contributed by atoms with Gasteiger partial charge >= 0.3 is 5.97 Å². The van der Waals surface area contributed by atoms with Gasteiger partial charge in [-0.3, -0.25) is 4.79 Å². The summed E-state index contributed by atoms with van der Waals surface area (Å²) in [5.74, 6) is -0.981. The minimum atomic E-state index is -1.33. The van der Waals surface area contributed by atoms with Crippen molar-refractivity contribution in [3.05, 3.63) is 18.7 Å². The lowest BCUT2D eigenvalue weighted by molar-refractivity contribution is -0.150. The zero-order valence-electron chi connectivity index (χ0n) is 11.8. The Morgan fingerprint density at radius 2 is 2.25 bits per heavy atom. The van der Waals surface area contributed by atoms with Crippen molar-refractivity contribution in [1.82, 2.24) is 14.9 Å². The molecule has 2 unspecified atom stereocenters. The molecule has 0 spiro atoms. The van der Waals surface area contributed by atoms with E-state index in [0.29, 0.717) is 0 Å². The molecule has 0 aliphatic rings. The number of aromatic nitrogens is 2. The molecule has 1 rings (SSSR count). The molecule has 1 aromatic heterocycles. The van der Waals surface area contributed by atoms with Crippen molar-refractivity contribution in [2.24, 2.45) is 0 Å². The van der Waals surface area contributed by atoms with Crippen LogP contribution in [0.3, 0.4) is 0 Å². The average Bonchev–Trinajstić information content (AvgIpc) is 2.97. The number of aliphatic hydroxyl groups excluding tert-OH is 1. The van der Waals surface area contributed by atoms with Crippen LogP contribution < -0.4 is 5.32 Å². The van der Waals surface area contributed by atoms with E-state index >= 15 is 0 Å². The normalized spacial score (nSPS) is 13.6. The first-order chi connectivity index (χ1) is 9.58. The Balaban J connectivity index is 2.45. The van der Waals surface area contributed by atoms with E-state index in [4.69, 9.17) is 0 Å². The van der Waals surface area contributed by atoms with Gasteiger partial charge in [0.1, 0.15) is 0 Å². The molecule has 20 heavy (non-hydrogen) atoms. The van der Waals surface area contributed by atoms with Crippen molar-refractivity contribution < 1.29 is 19.4 Å². The fourth-order valence-corrected chi connectivity index (χ4v) is 1.89. The average molecular weight is 283 g/mol. The molecule has 112 valence electrons. The summed E-state index contributed by atoms with van der Waals surface area (Å²) < 4.78 is 6.26. The Labute approximate surface area is 118 Å². The van der Waals surface area contributed by atoms with Crippen molar-refractivity contribution in [2.45, 2.75) is 38.3 Å². The molecular weight excluding hydrogens is 262 g/mol. The standard InChI is InChI=1S/C13H21N3O4/c1-3-4-10(16-6-5-14-9-16)7-12(18)15-8-11(17)13(19)20-2/h5-6,9-11,17H,3-4,7-8H2,1-2H3,(H,15,18). The van der Waals surface area contributed by atoms with Crippen LogP contribution in [-0.2, 0) is 14.3 Å². The second-order valence-electron chi connectivity index (χ2n) is 4.50. The first-order valence-electron chi connectivity index (χ1n) is 6.58. The molecule has 2 N–H and O–H groups in total. The zero-order valence-corrected chi connectivity index (χ0v) is 11.8. The maximum Gasteiger partial charge on any atom is 0.336 e. The van der Waals surface area contributed by atoms with E-state index in [1.54, 1.807) is 12.5 Å². The molecule has 0 saturated carbocycles. The monoisotopic (exact) mass is 283 g/mol. The second-order valence-corrected chi connectivity index (χ2v) is 4.50. The van der Waals surface area contributed by atoms with E-state index in [0.717, 1.165) is 12.8 Å². The second kappa shape index (κ2) is 8.31. The number of ether oxygens (including phenoxy) is 1. The summed E-state index contributed by atoms with van der Waals surface area (Å²) in [4.78, 5) is 26.8. The van der Waals surface area contributed by atoms with Gasteiger partial charge in [-0.2, -0.15) is 0 Å². The Morgan fingerprint density at radius 1 is 1.50 bits per heavy atom. The lowest BCUT2D eigenvalue weighted by Crippen LogP contribution is -2.37. The lowest BCUT2D eigenvalue weighted by atomic mass is 10.1. The van der Waals surface area contributed by atoms with Gasteiger partial charge in [0.15, 0.2) is 6.10 Å². The number of methoxy groups -OCH3 is 1. The topological polar surface area (TPSA) is 93.5 Å². The van der Waals surface area contributed by atoms with Crippen LogP contribution in [0, 0.1) is 0 Å². The minimum absolute atomic E-state index is 0.0257. The van der Waals surface area contributed by atoms with Crippen LogP contribution in [0.4, 0.5) is 0 Å². The van der Waals surface area contributed by atoms with Gasteiger partial charge in [-0.15, -0.1) is 0 Å². The first kappa shape index (κ1) is 16.2. The van der Waals surface area contributed by atoms with Gasteiger partial charge in [0.25, 0.3) is 0 Å². The smallest absolute Gasteiger partial charge is 0.336 e. The molecule has 0 bridgehead atoms. The van der Waals surface area contributed by atoms with Crippen LogP contribution in [0.25, 0.3) is 0 Å². The molecule has 0 radical (unpaired) electrons. The van der Waals surface area contributed by atoms with E-state index in [1.807, 2.05) is 17.7 Å². The molecule has 7 heteroatoms. The number of amides is 1. The highest BCUT2D eigenvalue weighted by Gasteiger charge is 2.18. The van der Waals surface area contributed by atoms with Gasteiger partial charge < -0.3 is 19.7 Å². The van der Waals surface area contributed by atoms with Gasteiger partial charge in [0.05, 0.1) is 20.0 Å². The summed E-state index contributed by atoms with van der Waals surface area (Å²) in [5, 5.41) is 11.9. The van der Waals surface area contributed by atoms with Crippen molar-refractivity contribution in [3.8, 4) is 0 Å². The summed E-state index contributed by atoms with van der Waals surface area (Å²) >= 11 is 0. The molecule has 1 aromatic rings. The number of aliphatic hydroxyl groups is 1. The highest BCUT2D eigenvalue weighted by Crippen LogP contribution is 2.17. The van der Waals surface area contributed by atoms with Crippen LogP contribution in [0.15, 0.2) is 18.7 Å². The fraction of sp³-hybridized carbons (Fsp3) is 0.615. The number of nitrogens with zero attached hydrogens (tertiary/aromatic N) is 2. The summed E-state index contributed by atoms with van der Waals surface area (Å²) in [6.45, 7) is 1.90. The van der Waals surface area contributed by atoms with Crippen LogP contribution in [0.5, 0.6) is 0 Å². The lowest BCUT2D eigenvalue weighted by Gasteiger charge is -2.18. The number of rotatable bonds is 8. The van der Waals surface area contributed by atoms with E-state index in [-0.39, 0.29) is 24.9 Å². The number of carbonyl (C=O) groups is 2. The number of hydrogen-bond acceptors (Lipinski definition) is 5. The number of nitrogens with one attached hydrogen (secondary N) is 1. The van der Waals surface area contributed by atoms with Gasteiger partial charge in [-0.05, 0) is 6.42 Å². The molecule has 1 amide bonds. The third kappa shape index (κ3) is 5.00. The third-order valence-corrected chi connectivity index (χ3v) is 2.96. The Kier molecular flexibility index (Phi) is 6.72. The van der Waals surface area contributed by atoms with Crippen molar-refractivity contribution in [2.75, 3.05) is 13.7 Å². The summed E-state index contributed by atoms with van der Waals surface area (Å²) in [6, 6.07) is 0.0257. The van der Waals surface area contributed by atoms with Crippen LogP contribution >= 0.6 is 0 Å². The van der Waals surface area contributed by atoms with Gasteiger partial charge in [0.2, 0.25) is 5.91 Å². The van der Waals surface area contributed by atoms with Crippen LogP contribution in [0.2, 0.25) is 0 Å². The molecule has 0 aliphatic heterocycles. The van der Waals surface area contributed by atoms with Gasteiger partial charge in [-0.25, -0.2) is 9.78 Å². The Hall–Kier alpha value is -1.89. The number of imidazole rings is 1. The van der Waals surface area contributed by atoms with Crippen molar-refractivity contribution >= 4 is 11.9 Å². The van der Waals surface area contributed by atoms with Crippen molar-refractivity contribution in [1.29, 1.82) is 0 Å². The molecular formula is C13H21N3O4. The predicted molar refractivity (Wildman–Crippen MR) is 71.8 cm³/mol. The number of esters is 1. The summed E-state index contributed by atoms with van der Waals surface area (Å²) in [5.41, 5.74) is 0. The number of carbonyl (C=O) groups excluding carboxylic acids is 2. The quantitative estimate of drug-likeness (QED) is 0.668. The van der Waals surface area contributed by atoms with Gasteiger partial charge in [0, 0.05) is 24.9 Å². The molecule has 0 fully saturated rings.